The molecule has 0 radical (unpaired) electrons. The molecule has 0 spiro atoms. The molecule has 1 fully saturated rings. The molecule has 3 nitrogen and oxygen atoms in total. The average molecular weight is 263 g/mol. The Kier molecular flexibility index (Phi) is 6.88. The number of halogens is 1. The van der Waals surface area contributed by atoms with Crippen LogP contribution >= 0.6 is 23.7 Å². The molecular formula is C11H19ClN2OS. The molecule has 1 heterocycles. The molecule has 0 aromatic rings. The van der Waals surface area contributed by atoms with Crippen molar-refractivity contribution >= 4 is 35.3 Å². The molecule has 16 heavy (non-hydrogen) atoms. The zero-order valence-electron chi connectivity index (χ0n) is 9.75. The first-order chi connectivity index (χ1) is 7.79. The van der Waals surface area contributed by atoms with E-state index in [1.165, 1.54) is 44.1 Å². The summed E-state index contributed by atoms with van der Waals surface area (Å²) in [5, 5.41) is 0. The average Bonchev–Trinajstić information content (AvgIpc) is 2.65. The first-order valence-electron chi connectivity index (χ1n) is 5.92. The number of hydrogen-bond donors (Lipinski definition) is 0. The number of carbonyl (C=O) groups is 1. The van der Waals surface area contributed by atoms with Crippen molar-refractivity contribution in [1.29, 1.82) is 0 Å². The van der Waals surface area contributed by atoms with Gasteiger partial charge in [-0.25, -0.2) is 0 Å². The predicted octanol–water partition coefficient (Wildman–Crippen LogP) is 3.43. The molecule has 0 N–H and O–H groups in total. The molecule has 1 rings (SSSR count). The van der Waals surface area contributed by atoms with Gasteiger partial charge in [-0.2, -0.15) is 4.51 Å². The third kappa shape index (κ3) is 4.34. The van der Waals surface area contributed by atoms with E-state index < -0.39 is 0 Å². The fraction of sp³-hybridized carbons (Fsp3) is 0.818. The van der Waals surface area contributed by atoms with Gasteiger partial charge in [0.1, 0.15) is 5.71 Å². The Bertz CT molecular complexity index is 258. The summed E-state index contributed by atoms with van der Waals surface area (Å²) in [7, 11) is 0. The summed E-state index contributed by atoms with van der Waals surface area (Å²) < 4.78 is 5.24. The summed E-state index contributed by atoms with van der Waals surface area (Å²) in [6, 6.07) is 0. The van der Waals surface area contributed by atoms with Crippen molar-refractivity contribution in [3.63, 3.8) is 0 Å². The number of rotatable bonds is 7. The van der Waals surface area contributed by atoms with Gasteiger partial charge >= 0.3 is 0 Å². The number of carbonyl (C=O) groups excluding carboxylic acids is 1. The third-order valence-electron chi connectivity index (χ3n) is 2.65. The van der Waals surface area contributed by atoms with E-state index in [1.54, 1.807) is 4.31 Å². The minimum absolute atomic E-state index is 0.00596. The van der Waals surface area contributed by atoms with Crippen LogP contribution in [0.5, 0.6) is 0 Å². The summed E-state index contributed by atoms with van der Waals surface area (Å²) >= 11 is 6.83. The molecule has 0 aliphatic carbocycles. The lowest BCUT2D eigenvalue weighted by molar-refractivity contribution is -0.119. The Morgan fingerprint density at radius 2 is 2.00 bits per heavy atom. The van der Waals surface area contributed by atoms with Crippen LogP contribution in [0.1, 0.15) is 45.4 Å². The molecule has 0 bridgehead atoms. The highest BCUT2D eigenvalue weighted by Gasteiger charge is 2.27. The zero-order chi connectivity index (χ0) is 11.8. The minimum Gasteiger partial charge on any atom is -0.281 e. The maximum Gasteiger partial charge on any atom is 0.280 e. The van der Waals surface area contributed by atoms with E-state index >= 15 is 0 Å². The predicted molar refractivity (Wildman–Crippen MR) is 70.8 cm³/mol. The van der Waals surface area contributed by atoms with Crippen LogP contribution < -0.4 is 0 Å². The van der Waals surface area contributed by atoms with Crippen LogP contribution in [0.3, 0.4) is 0 Å². The summed E-state index contributed by atoms with van der Waals surface area (Å²) in [5.41, 5.74) is 0.484. The molecule has 92 valence electrons. The number of unbranched alkanes of at least 4 members (excludes halogenated alkanes) is 5. The smallest absolute Gasteiger partial charge is 0.280 e. The topological polar surface area (TPSA) is 32.7 Å². The van der Waals surface area contributed by atoms with Crippen molar-refractivity contribution in [2.45, 2.75) is 45.4 Å². The van der Waals surface area contributed by atoms with Crippen LogP contribution in [0, 0.1) is 0 Å². The Morgan fingerprint density at radius 3 is 2.62 bits per heavy atom. The number of amides is 1. The van der Waals surface area contributed by atoms with Gasteiger partial charge in [-0.3, -0.25) is 9.10 Å². The van der Waals surface area contributed by atoms with Crippen LogP contribution in [0.4, 0.5) is 0 Å². The second-order valence-corrected chi connectivity index (χ2v) is 5.14. The van der Waals surface area contributed by atoms with Crippen molar-refractivity contribution in [2.75, 3.05) is 12.3 Å². The summed E-state index contributed by atoms with van der Waals surface area (Å²) in [6.45, 7) is 3.04. The Labute approximate surface area is 107 Å². The molecule has 1 aliphatic heterocycles. The van der Waals surface area contributed by atoms with Crippen LogP contribution in [0.2, 0.25) is 0 Å². The zero-order valence-corrected chi connectivity index (χ0v) is 11.3. The molecular weight excluding hydrogens is 244 g/mol. The fourth-order valence-electron chi connectivity index (χ4n) is 1.67. The van der Waals surface area contributed by atoms with Gasteiger partial charge in [0.25, 0.3) is 5.91 Å². The maximum atomic E-state index is 11.6. The van der Waals surface area contributed by atoms with E-state index in [9.17, 15) is 4.79 Å². The van der Waals surface area contributed by atoms with Crippen molar-refractivity contribution in [1.82, 2.24) is 4.31 Å². The van der Waals surface area contributed by atoms with E-state index in [-0.39, 0.29) is 5.91 Å². The molecule has 0 unspecified atom stereocenters. The molecule has 1 aliphatic rings. The summed E-state index contributed by atoms with van der Waals surface area (Å²) in [5.74, 6) is 0.617. The van der Waals surface area contributed by atoms with Gasteiger partial charge in [0.05, 0.1) is 5.75 Å². The van der Waals surface area contributed by atoms with Crippen molar-refractivity contribution < 1.29 is 4.79 Å². The first kappa shape index (κ1) is 13.8. The standard InChI is InChI=1S/C11H19ClN2OS/c1-2-3-4-5-6-7-8-14-11(15)10(13-12)9-16-14/h2-9H2,1H3. The fourth-order valence-corrected chi connectivity index (χ4v) is 2.82. The normalized spacial score (nSPS) is 18.8. The highest BCUT2D eigenvalue weighted by atomic mass is 35.5. The summed E-state index contributed by atoms with van der Waals surface area (Å²) in [4.78, 5) is 11.6. The quantitative estimate of drug-likeness (QED) is 0.520. The van der Waals surface area contributed by atoms with Crippen LogP contribution in [-0.4, -0.2) is 28.2 Å². The van der Waals surface area contributed by atoms with Crippen molar-refractivity contribution in [3.8, 4) is 0 Å². The molecule has 0 aromatic carbocycles. The van der Waals surface area contributed by atoms with Crippen LogP contribution in [0.25, 0.3) is 0 Å². The van der Waals surface area contributed by atoms with E-state index in [2.05, 4.69) is 11.4 Å². The Morgan fingerprint density at radius 1 is 1.31 bits per heavy atom. The maximum absolute atomic E-state index is 11.6. The van der Waals surface area contributed by atoms with Crippen molar-refractivity contribution in [2.24, 2.45) is 4.51 Å². The molecule has 1 amide bonds. The lowest BCUT2D eigenvalue weighted by atomic mass is 10.1. The van der Waals surface area contributed by atoms with Gasteiger partial charge in [-0.1, -0.05) is 39.0 Å². The minimum atomic E-state index is -0.00596. The van der Waals surface area contributed by atoms with Gasteiger partial charge in [-0.05, 0) is 18.4 Å². The number of hydrogen-bond acceptors (Lipinski definition) is 3. The lowest BCUT2D eigenvalue weighted by Gasteiger charge is -2.12. The molecule has 5 heteroatoms. The van der Waals surface area contributed by atoms with Gasteiger partial charge in [-0.15, -0.1) is 0 Å². The second kappa shape index (κ2) is 7.96. The van der Waals surface area contributed by atoms with Crippen LogP contribution in [0.15, 0.2) is 4.51 Å². The summed E-state index contributed by atoms with van der Waals surface area (Å²) in [6.07, 6.45) is 7.47. The third-order valence-corrected chi connectivity index (χ3v) is 3.91. The van der Waals surface area contributed by atoms with Gasteiger partial charge < -0.3 is 0 Å². The van der Waals surface area contributed by atoms with Gasteiger partial charge in [0.15, 0.2) is 0 Å². The van der Waals surface area contributed by atoms with E-state index in [4.69, 9.17) is 11.8 Å². The Balaban J connectivity index is 2.08. The highest BCUT2D eigenvalue weighted by Crippen LogP contribution is 2.21. The van der Waals surface area contributed by atoms with E-state index in [0.717, 1.165) is 13.0 Å². The lowest BCUT2D eigenvalue weighted by Crippen LogP contribution is -2.24. The van der Waals surface area contributed by atoms with Crippen molar-refractivity contribution in [3.05, 3.63) is 0 Å². The molecule has 0 atom stereocenters. The highest BCUT2D eigenvalue weighted by molar-refractivity contribution is 7.99. The van der Waals surface area contributed by atoms with Gasteiger partial charge in [0, 0.05) is 18.3 Å². The molecule has 1 saturated heterocycles. The SMILES string of the molecule is CCCCCCCCN1SCC(=NCl)C1=O. The molecule has 0 saturated carbocycles. The van der Waals surface area contributed by atoms with Crippen LogP contribution in [-0.2, 0) is 4.79 Å². The van der Waals surface area contributed by atoms with Gasteiger partial charge in [0.2, 0.25) is 0 Å². The second-order valence-electron chi connectivity index (χ2n) is 3.98. The largest absolute Gasteiger partial charge is 0.281 e. The van der Waals surface area contributed by atoms with E-state index in [1.807, 2.05) is 0 Å². The Hall–Kier alpha value is -0.220. The molecule has 0 aromatic heterocycles. The number of nitrogens with zero attached hydrogens (tertiary/aromatic N) is 2. The first-order valence-corrected chi connectivity index (χ1v) is 7.20. The monoisotopic (exact) mass is 262 g/mol. The van der Waals surface area contributed by atoms with E-state index in [0.29, 0.717) is 11.5 Å².